The molecule has 114 valence electrons. The molecule has 0 aliphatic heterocycles. The Kier molecular flexibility index (Phi) is 3.90. The second kappa shape index (κ2) is 5.35. The first-order chi connectivity index (χ1) is 9.72. The lowest BCUT2D eigenvalue weighted by Gasteiger charge is -2.09. The molecule has 0 aromatic carbocycles. The van der Waals surface area contributed by atoms with Crippen LogP contribution in [0.3, 0.4) is 0 Å². The van der Waals surface area contributed by atoms with E-state index in [1.54, 1.807) is 6.92 Å². The minimum absolute atomic E-state index is 0.288. The Balaban J connectivity index is 2.28. The Bertz CT molecular complexity index is 740. The summed E-state index contributed by atoms with van der Waals surface area (Å²) in [6.07, 6.45) is -2.06. The molecule has 0 atom stereocenters. The molecule has 10 heteroatoms. The van der Waals surface area contributed by atoms with E-state index in [-0.39, 0.29) is 5.03 Å². The van der Waals surface area contributed by atoms with E-state index in [1.807, 2.05) is 4.72 Å². The van der Waals surface area contributed by atoms with Gasteiger partial charge in [0.25, 0.3) is 10.0 Å². The van der Waals surface area contributed by atoms with Gasteiger partial charge in [-0.05, 0) is 19.1 Å². The van der Waals surface area contributed by atoms with Crippen LogP contribution in [-0.4, -0.2) is 23.0 Å². The van der Waals surface area contributed by atoms with Crippen LogP contribution >= 0.6 is 0 Å². The van der Waals surface area contributed by atoms with Crippen molar-refractivity contribution in [2.45, 2.75) is 24.7 Å². The van der Waals surface area contributed by atoms with Crippen LogP contribution in [-0.2, 0) is 22.7 Å². The zero-order valence-electron chi connectivity index (χ0n) is 10.8. The Morgan fingerprint density at radius 1 is 1.33 bits per heavy atom. The highest BCUT2D eigenvalue weighted by atomic mass is 32.2. The number of halogens is 3. The van der Waals surface area contributed by atoms with Crippen molar-refractivity contribution in [3.8, 4) is 0 Å². The van der Waals surface area contributed by atoms with Crippen molar-refractivity contribution >= 4 is 15.8 Å². The van der Waals surface area contributed by atoms with Crippen molar-refractivity contribution in [2.24, 2.45) is 0 Å². The number of sulfonamides is 1. The summed E-state index contributed by atoms with van der Waals surface area (Å²) < 4.78 is 65.0. The number of aromatic nitrogens is 3. The lowest BCUT2D eigenvalue weighted by molar-refractivity contribution is -0.141. The summed E-state index contributed by atoms with van der Waals surface area (Å²) in [5.74, 6) is -0.420. The number of aryl methyl sites for hydroxylation is 1. The maximum absolute atomic E-state index is 12.5. The topological polar surface area (TPSA) is 76.9 Å². The molecule has 2 aromatic heterocycles. The molecule has 2 aromatic rings. The summed E-state index contributed by atoms with van der Waals surface area (Å²) in [5, 5.41) is -0.288. The smallest absolute Gasteiger partial charge is 0.336 e. The van der Waals surface area contributed by atoms with Crippen LogP contribution in [0.15, 0.2) is 35.7 Å². The minimum atomic E-state index is -4.65. The number of anilines is 1. The van der Waals surface area contributed by atoms with Crippen molar-refractivity contribution in [2.75, 3.05) is 4.72 Å². The first-order valence-corrected chi connectivity index (χ1v) is 7.29. The number of hydrogen-bond donors (Lipinski definition) is 1. The van der Waals surface area contributed by atoms with E-state index >= 15 is 0 Å². The van der Waals surface area contributed by atoms with Gasteiger partial charge in [0, 0.05) is 12.7 Å². The summed E-state index contributed by atoms with van der Waals surface area (Å²) in [7, 11) is -4.08. The van der Waals surface area contributed by atoms with E-state index in [0.29, 0.717) is 6.54 Å². The highest BCUT2D eigenvalue weighted by Crippen LogP contribution is 2.28. The van der Waals surface area contributed by atoms with Crippen LogP contribution in [0, 0.1) is 0 Å². The van der Waals surface area contributed by atoms with Gasteiger partial charge in [0.15, 0.2) is 5.03 Å². The maximum Gasteiger partial charge on any atom is 0.433 e. The Morgan fingerprint density at radius 3 is 2.62 bits per heavy atom. The highest BCUT2D eigenvalue weighted by Gasteiger charge is 2.32. The van der Waals surface area contributed by atoms with Crippen molar-refractivity contribution < 1.29 is 21.6 Å². The van der Waals surface area contributed by atoms with Gasteiger partial charge in [0.05, 0.1) is 6.33 Å². The number of alkyl halides is 3. The van der Waals surface area contributed by atoms with Gasteiger partial charge in [0.1, 0.15) is 11.5 Å². The Hall–Kier alpha value is -2.10. The molecule has 2 heterocycles. The zero-order chi connectivity index (χ0) is 15.7. The van der Waals surface area contributed by atoms with Crippen LogP contribution in [0.2, 0.25) is 0 Å². The molecule has 1 N–H and O–H groups in total. The summed E-state index contributed by atoms with van der Waals surface area (Å²) in [4.78, 5) is 6.92. The van der Waals surface area contributed by atoms with Gasteiger partial charge in [-0.1, -0.05) is 6.07 Å². The molecule has 0 spiro atoms. The van der Waals surface area contributed by atoms with Crippen molar-refractivity contribution in [3.05, 3.63) is 36.4 Å². The second-order valence-corrected chi connectivity index (χ2v) is 5.68. The molecule has 0 fully saturated rings. The lowest BCUT2D eigenvalue weighted by Crippen LogP contribution is -2.16. The fourth-order valence-electron chi connectivity index (χ4n) is 1.49. The van der Waals surface area contributed by atoms with Crippen LogP contribution in [0.25, 0.3) is 0 Å². The van der Waals surface area contributed by atoms with Gasteiger partial charge in [-0.3, -0.25) is 4.72 Å². The van der Waals surface area contributed by atoms with E-state index in [9.17, 15) is 21.6 Å². The van der Waals surface area contributed by atoms with E-state index in [0.717, 1.165) is 18.2 Å². The summed E-state index contributed by atoms with van der Waals surface area (Å²) in [6, 6.07) is 2.95. The molecule has 0 radical (unpaired) electrons. The second-order valence-electron chi connectivity index (χ2n) is 4.05. The van der Waals surface area contributed by atoms with Gasteiger partial charge in [-0.15, -0.1) is 0 Å². The van der Waals surface area contributed by atoms with E-state index in [2.05, 4.69) is 9.97 Å². The number of rotatable bonds is 4. The number of hydrogen-bond acceptors (Lipinski definition) is 4. The first kappa shape index (κ1) is 15.3. The zero-order valence-corrected chi connectivity index (χ0v) is 11.6. The maximum atomic E-state index is 12.5. The normalized spacial score (nSPS) is 12.4. The van der Waals surface area contributed by atoms with Crippen LogP contribution in [0.1, 0.15) is 12.6 Å². The number of imidazole rings is 1. The van der Waals surface area contributed by atoms with Crippen molar-refractivity contribution in [1.82, 2.24) is 14.5 Å². The molecule has 0 saturated heterocycles. The lowest BCUT2D eigenvalue weighted by atomic mass is 10.3. The van der Waals surface area contributed by atoms with Crippen molar-refractivity contribution in [3.63, 3.8) is 0 Å². The largest absolute Gasteiger partial charge is 0.433 e. The van der Waals surface area contributed by atoms with Gasteiger partial charge in [-0.25, -0.2) is 9.97 Å². The average Bonchev–Trinajstić information content (AvgIpc) is 2.87. The average molecular weight is 320 g/mol. The molecule has 0 amide bonds. The number of nitrogens with zero attached hydrogens (tertiary/aromatic N) is 3. The van der Waals surface area contributed by atoms with E-state index in [4.69, 9.17) is 0 Å². The fraction of sp³-hybridized carbons (Fsp3) is 0.273. The predicted octanol–water partition coefficient (Wildman–Crippen LogP) is 2.12. The SMILES string of the molecule is CCn1cnc(S(=O)(=O)Nc2cccc(C(F)(F)F)n2)c1. The third kappa shape index (κ3) is 3.51. The number of nitrogens with one attached hydrogen (secondary N) is 1. The molecule has 0 bridgehead atoms. The fourth-order valence-corrected chi connectivity index (χ4v) is 2.44. The van der Waals surface area contributed by atoms with Gasteiger partial charge < -0.3 is 4.57 Å². The Morgan fingerprint density at radius 2 is 2.05 bits per heavy atom. The highest BCUT2D eigenvalue weighted by molar-refractivity contribution is 7.92. The predicted molar refractivity (Wildman–Crippen MR) is 67.9 cm³/mol. The summed E-state index contributed by atoms with van der Waals surface area (Å²) in [6.45, 7) is 2.31. The third-order valence-corrected chi connectivity index (χ3v) is 3.77. The molecule has 0 unspecified atom stereocenters. The molecule has 21 heavy (non-hydrogen) atoms. The summed E-state index contributed by atoms with van der Waals surface area (Å²) >= 11 is 0. The monoisotopic (exact) mass is 320 g/mol. The van der Waals surface area contributed by atoms with Crippen LogP contribution in [0.4, 0.5) is 19.0 Å². The van der Waals surface area contributed by atoms with Crippen LogP contribution in [0.5, 0.6) is 0 Å². The quantitative estimate of drug-likeness (QED) is 0.936. The first-order valence-electron chi connectivity index (χ1n) is 5.81. The summed E-state index contributed by atoms with van der Waals surface area (Å²) in [5.41, 5.74) is -1.18. The molecule has 0 saturated carbocycles. The third-order valence-electron chi connectivity index (χ3n) is 2.53. The van der Waals surface area contributed by atoms with Gasteiger partial charge in [-0.2, -0.15) is 21.6 Å². The van der Waals surface area contributed by atoms with E-state index in [1.165, 1.54) is 17.1 Å². The molecule has 0 aliphatic rings. The molecule has 2 rings (SSSR count). The van der Waals surface area contributed by atoms with Gasteiger partial charge in [0.2, 0.25) is 0 Å². The number of pyridine rings is 1. The van der Waals surface area contributed by atoms with Gasteiger partial charge >= 0.3 is 6.18 Å². The molecule has 6 nitrogen and oxygen atoms in total. The molecule has 0 aliphatic carbocycles. The van der Waals surface area contributed by atoms with Crippen molar-refractivity contribution in [1.29, 1.82) is 0 Å². The van der Waals surface area contributed by atoms with E-state index < -0.39 is 27.7 Å². The minimum Gasteiger partial charge on any atom is -0.336 e. The molecular weight excluding hydrogens is 309 g/mol. The van der Waals surface area contributed by atoms with Crippen LogP contribution < -0.4 is 4.72 Å². The molecular formula is C11H11F3N4O2S. The standard InChI is InChI=1S/C11H11F3N4O2S/c1-2-18-6-10(15-7-18)21(19,20)17-9-5-3-4-8(16-9)11(12,13)14/h3-7H,2H2,1H3,(H,16,17). The Labute approximate surface area is 118 Å².